The monoisotopic (exact) mass is 324 g/mol. The Morgan fingerprint density at radius 2 is 2.00 bits per heavy atom. The van der Waals surface area contributed by atoms with Crippen LogP contribution < -0.4 is 10.6 Å². The zero-order valence-corrected chi connectivity index (χ0v) is 11.5. The van der Waals surface area contributed by atoms with E-state index in [2.05, 4.69) is 10.6 Å². The Morgan fingerprint density at radius 3 is 2.43 bits per heavy atom. The molecule has 21 heavy (non-hydrogen) atoms. The SMILES string of the molecule is CC(=O)NC(CNc1ccc(C(F)(F)F)cc1Cl)C(=O)O. The lowest BCUT2D eigenvalue weighted by Gasteiger charge is -2.16. The van der Waals surface area contributed by atoms with Crippen molar-refractivity contribution in [3.8, 4) is 0 Å². The maximum atomic E-state index is 12.5. The quantitative estimate of drug-likeness (QED) is 0.777. The van der Waals surface area contributed by atoms with Gasteiger partial charge in [-0.2, -0.15) is 13.2 Å². The molecule has 0 bridgehead atoms. The molecule has 116 valence electrons. The molecule has 3 N–H and O–H groups in total. The van der Waals surface area contributed by atoms with E-state index in [1.54, 1.807) is 0 Å². The van der Waals surface area contributed by atoms with E-state index < -0.39 is 29.7 Å². The summed E-state index contributed by atoms with van der Waals surface area (Å²) in [5.74, 6) is -1.82. The Bertz CT molecular complexity index is 549. The Labute approximate surface area is 123 Å². The lowest BCUT2D eigenvalue weighted by molar-refractivity contribution is -0.141. The summed E-state index contributed by atoms with van der Waals surface area (Å²) >= 11 is 5.71. The third-order valence-electron chi connectivity index (χ3n) is 2.47. The van der Waals surface area contributed by atoms with Crippen molar-refractivity contribution in [2.75, 3.05) is 11.9 Å². The van der Waals surface area contributed by atoms with Gasteiger partial charge in [0.15, 0.2) is 0 Å². The van der Waals surface area contributed by atoms with Crippen molar-refractivity contribution in [2.45, 2.75) is 19.1 Å². The molecule has 1 unspecified atom stereocenters. The molecule has 0 radical (unpaired) electrons. The minimum atomic E-state index is -4.51. The van der Waals surface area contributed by atoms with E-state index in [9.17, 15) is 22.8 Å². The van der Waals surface area contributed by atoms with Crippen molar-refractivity contribution in [1.29, 1.82) is 0 Å². The standard InChI is InChI=1S/C12H12ClF3N2O3/c1-6(19)18-10(11(20)21)5-17-9-3-2-7(4-8(9)13)12(14,15)16/h2-4,10,17H,5H2,1H3,(H,18,19)(H,20,21). The first kappa shape index (κ1) is 17.1. The molecule has 0 aliphatic carbocycles. The summed E-state index contributed by atoms with van der Waals surface area (Å²) in [7, 11) is 0. The topological polar surface area (TPSA) is 78.4 Å². The van der Waals surface area contributed by atoms with Crippen molar-refractivity contribution in [1.82, 2.24) is 5.32 Å². The molecule has 0 saturated carbocycles. The maximum absolute atomic E-state index is 12.5. The highest BCUT2D eigenvalue weighted by molar-refractivity contribution is 6.33. The number of aliphatic carboxylic acids is 1. The number of nitrogens with one attached hydrogen (secondary N) is 2. The number of hydrogen-bond acceptors (Lipinski definition) is 3. The molecular formula is C12H12ClF3N2O3. The molecule has 5 nitrogen and oxygen atoms in total. The maximum Gasteiger partial charge on any atom is 0.416 e. The van der Waals surface area contributed by atoms with Gasteiger partial charge in [-0.3, -0.25) is 4.79 Å². The second-order valence-corrected chi connectivity index (χ2v) is 4.57. The van der Waals surface area contributed by atoms with Crippen LogP contribution in [0.2, 0.25) is 5.02 Å². The number of carboxylic acid groups (broad SMARTS) is 1. The first-order valence-corrected chi connectivity index (χ1v) is 6.09. The predicted molar refractivity (Wildman–Crippen MR) is 70.2 cm³/mol. The number of halogens is 4. The number of amides is 1. The fourth-order valence-electron chi connectivity index (χ4n) is 1.49. The average Bonchev–Trinajstić information content (AvgIpc) is 2.33. The molecule has 1 aromatic rings. The third-order valence-corrected chi connectivity index (χ3v) is 2.78. The number of carbonyl (C=O) groups excluding carboxylic acids is 1. The summed E-state index contributed by atoms with van der Waals surface area (Å²) in [6, 6.07) is 1.43. The molecule has 9 heteroatoms. The second kappa shape index (κ2) is 6.66. The van der Waals surface area contributed by atoms with Crippen LogP contribution in [0.3, 0.4) is 0 Å². The third kappa shape index (κ3) is 5.14. The molecule has 1 amide bonds. The van der Waals surface area contributed by atoms with Gasteiger partial charge in [0.2, 0.25) is 5.91 Å². The van der Waals surface area contributed by atoms with Gasteiger partial charge in [0.25, 0.3) is 0 Å². The van der Waals surface area contributed by atoms with Crippen molar-refractivity contribution in [2.24, 2.45) is 0 Å². The van der Waals surface area contributed by atoms with Crippen molar-refractivity contribution < 1.29 is 27.9 Å². The summed E-state index contributed by atoms with van der Waals surface area (Å²) in [5.41, 5.74) is -0.768. The molecule has 1 aromatic carbocycles. The predicted octanol–water partition coefficient (Wildman–Crippen LogP) is 2.36. The Balaban J connectivity index is 2.79. The van der Waals surface area contributed by atoms with Gasteiger partial charge in [0, 0.05) is 13.5 Å². The molecule has 0 heterocycles. The number of anilines is 1. The summed E-state index contributed by atoms with van der Waals surface area (Å²) in [4.78, 5) is 21.7. The van der Waals surface area contributed by atoms with Crippen LogP contribution in [0.25, 0.3) is 0 Å². The first-order valence-electron chi connectivity index (χ1n) is 5.71. The summed E-state index contributed by atoms with van der Waals surface area (Å²) < 4.78 is 37.4. The van der Waals surface area contributed by atoms with E-state index in [1.165, 1.54) is 0 Å². The zero-order chi connectivity index (χ0) is 16.2. The molecule has 1 atom stereocenters. The van der Waals surface area contributed by atoms with E-state index in [0.717, 1.165) is 25.1 Å². The number of hydrogen-bond donors (Lipinski definition) is 3. The van der Waals surface area contributed by atoms with Crippen LogP contribution in [0.15, 0.2) is 18.2 Å². The Morgan fingerprint density at radius 1 is 1.38 bits per heavy atom. The fourth-order valence-corrected chi connectivity index (χ4v) is 1.74. The van der Waals surface area contributed by atoms with Crippen molar-refractivity contribution >= 4 is 29.2 Å². The summed E-state index contributed by atoms with van der Waals surface area (Å²) in [5, 5.41) is 13.5. The lowest BCUT2D eigenvalue weighted by Crippen LogP contribution is -2.44. The number of carbonyl (C=O) groups is 2. The molecule has 0 saturated heterocycles. The molecular weight excluding hydrogens is 313 g/mol. The van der Waals surface area contributed by atoms with Gasteiger partial charge in [0.1, 0.15) is 6.04 Å². The number of benzene rings is 1. The van der Waals surface area contributed by atoms with E-state index in [0.29, 0.717) is 0 Å². The average molecular weight is 325 g/mol. The Kier molecular flexibility index (Phi) is 5.42. The minimum Gasteiger partial charge on any atom is -0.480 e. The van der Waals surface area contributed by atoms with Crippen LogP contribution in [0.1, 0.15) is 12.5 Å². The highest BCUT2D eigenvalue weighted by Gasteiger charge is 2.31. The van der Waals surface area contributed by atoms with Crippen LogP contribution in [-0.2, 0) is 15.8 Å². The fraction of sp³-hybridized carbons (Fsp3) is 0.333. The molecule has 0 fully saturated rings. The minimum absolute atomic E-state index is 0.140. The van der Waals surface area contributed by atoms with Crippen LogP contribution >= 0.6 is 11.6 Å². The van der Waals surface area contributed by atoms with Gasteiger partial charge in [-0.15, -0.1) is 0 Å². The molecule has 0 aromatic heterocycles. The normalized spacial score (nSPS) is 12.6. The van der Waals surface area contributed by atoms with Crippen molar-refractivity contribution in [3.05, 3.63) is 28.8 Å². The number of rotatable bonds is 5. The number of carboxylic acids is 1. The molecule has 0 aliphatic rings. The van der Waals surface area contributed by atoms with Crippen molar-refractivity contribution in [3.63, 3.8) is 0 Å². The smallest absolute Gasteiger partial charge is 0.416 e. The van der Waals surface area contributed by atoms with Crippen LogP contribution in [0.4, 0.5) is 18.9 Å². The highest BCUT2D eigenvalue weighted by Crippen LogP contribution is 2.33. The van der Waals surface area contributed by atoms with Gasteiger partial charge in [-0.05, 0) is 18.2 Å². The molecule has 0 spiro atoms. The summed E-state index contributed by atoms with van der Waals surface area (Å²) in [6.45, 7) is 0.932. The van der Waals surface area contributed by atoms with E-state index >= 15 is 0 Å². The lowest BCUT2D eigenvalue weighted by atomic mass is 10.2. The highest BCUT2D eigenvalue weighted by atomic mass is 35.5. The second-order valence-electron chi connectivity index (χ2n) is 4.16. The summed E-state index contributed by atoms with van der Waals surface area (Å²) in [6.07, 6.45) is -4.51. The largest absolute Gasteiger partial charge is 0.480 e. The Hall–Kier alpha value is -1.96. The van der Waals surface area contributed by atoms with E-state index in [4.69, 9.17) is 16.7 Å². The molecule has 1 rings (SSSR count). The van der Waals surface area contributed by atoms with Crippen LogP contribution in [-0.4, -0.2) is 29.6 Å². The van der Waals surface area contributed by atoms with E-state index in [-0.39, 0.29) is 17.3 Å². The van der Waals surface area contributed by atoms with Gasteiger partial charge in [0.05, 0.1) is 16.3 Å². The van der Waals surface area contributed by atoms with E-state index in [1.807, 2.05) is 0 Å². The molecule has 0 aliphatic heterocycles. The van der Waals surface area contributed by atoms with Gasteiger partial charge >= 0.3 is 12.1 Å². The van der Waals surface area contributed by atoms with Gasteiger partial charge in [-0.1, -0.05) is 11.6 Å². The van der Waals surface area contributed by atoms with Crippen LogP contribution in [0, 0.1) is 0 Å². The number of alkyl halides is 3. The van der Waals surface area contributed by atoms with Gasteiger partial charge in [-0.25, -0.2) is 4.79 Å². The zero-order valence-electron chi connectivity index (χ0n) is 10.8. The van der Waals surface area contributed by atoms with Gasteiger partial charge < -0.3 is 15.7 Å². The van der Waals surface area contributed by atoms with Crippen LogP contribution in [0.5, 0.6) is 0 Å². The first-order chi connectivity index (χ1) is 9.61.